The van der Waals surface area contributed by atoms with Gasteiger partial charge in [-0.05, 0) is 32.0 Å². The van der Waals surface area contributed by atoms with Crippen LogP contribution in [0, 0.1) is 19.8 Å². The van der Waals surface area contributed by atoms with Crippen molar-refractivity contribution < 1.29 is 14.6 Å². The van der Waals surface area contributed by atoms with Gasteiger partial charge >= 0.3 is 0 Å². The molecular formula is C20H27N3O3. The molecule has 1 saturated heterocycles. The number of carbonyl (C=O) groups is 1. The molecule has 2 atom stereocenters. The summed E-state index contributed by atoms with van der Waals surface area (Å²) >= 11 is 0. The first-order chi connectivity index (χ1) is 12.6. The van der Waals surface area contributed by atoms with Crippen LogP contribution in [0.15, 0.2) is 30.5 Å². The number of hydrogen-bond donors (Lipinski definition) is 1. The van der Waals surface area contributed by atoms with Crippen molar-refractivity contribution in [1.82, 2.24) is 14.5 Å². The van der Waals surface area contributed by atoms with Crippen LogP contribution in [0.4, 0.5) is 0 Å². The first kappa shape index (κ1) is 18.6. The van der Waals surface area contributed by atoms with Crippen LogP contribution in [0.25, 0.3) is 0 Å². The Morgan fingerprint density at radius 3 is 2.81 bits per heavy atom. The Morgan fingerprint density at radius 1 is 1.35 bits per heavy atom. The summed E-state index contributed by atoms with van der Waals surface area (Å²) in [6.07, 6.45) is 1.76. The fourth-order valence-electron chi connectivity index (χ4n) is 3.87. The largest absolute Gasteiger partial charge is 0.396 e. The van der Waals surface area contributed by atoms with E-state index in [1.165, 1.54) is 0 Å². The summed E-state index contributed by atoms with van der Waals surface area (Å²) < 4.78 is 7.28. The van der Waals surface area contributed by atoms with Crippen LogP contribution < -0.4 is 0 Å². The van der Waals surface area contributed by atoms with E-state index in [-0.39, 0.29) is 24.3 Å². The van der Waals surface area contributed by atoms with Gasteiger partial charge in [-0.25, -0.2) is 0 Å². The third-order valence-corrected chi connectivity index (χ3v) is 5.35. The number of hydrogen-bond acceptors (Lipinski definition) is 4. The summed E-state index contributed by atoms with van der Waals surface area (Å²) in [4.78, 5) is 19.4. The summed E-state index contributed by atoms with van der Waals surface area (Å²) in [6.45, 7) is 6.53. The predicted octanol–water partition coefficient (Wildman–Crippen LogP) is 1.99. The van der Waals surface area contributed by atoms with Gasteiger partial charge in [-0.15, -0.1) is 0 Å². The van der Waals surface area contributed by atoms with Crippen molar-refractivity contribution >= 4 is 5.91 Å². The minimum absolute atomic E-state index is 0.0193. The number of rotatable bonds is 6. The van der Waals surface area contributed by atoms with Crippen LogP contribution in [0.1, 0.15) is 33.4 Å². The number of aryl methyl sites for hydroxylation is 1. The Morgan fingerprint density at radius 2 is 2.15 bits per heavy atom. The maximum absolute atomic E-state index is 13.1. The Hall–Kier alpha value is -2.18. The van der Waals surface area contributed by atoms with Crippen molar-refractivity contribution in [3.63, 3.8) is 0 Å². The highest BCUT2D eigenvalue weighted by atomic mass is 16.5. The highest BCUT2D eigenvalue weighted by molar-refractivity contribution is 5.96. The molecule has 140 valence electrons. The third kappa shape index (κ3) is 3.52. The van der Waals surface area contributed by atoms with Crippen LogP contribution in [-0.4, -0.2) is 58.9 Å². The predicted molar refractivity (Wildman–Crippen MR) is 99.2 cm³/mol. The SMILES string of the molecule is COCCn1c(C)cc(C(=O)N2C[C@@H](CO)[C@H](c3ccccn3)C2)c1C. The van der Waals surface area contributed by atoms with Gasteiger partial charge in [0.25, 0.3) is 5.91 Å². The second-order valence-electron chi connectivity index (χ2n) is 6.94. The zero-order valence-corrected chi connectivity index (χ0v) is 15.7. The lowest BCUT2D eigenvalue weighted by atomic mass is 9.93. The van der Waals surface area contributed by atoms with Gasteiger partial charge in [0.2, 0.25) is 0 Å². The number of methoxy groups -OCH3 is 1. The molecule has 6 nitrogen and oxygen atoms in total. The molecule has 26 heavy (non-hydrogen) atoms. The smallest absolute Gasteiger partial charge is 0.255 e. The van der Waals surface area contributed by atoms with E-state index >= 15 is 0 Å². The molecule has 0 unspecified atom stereocenters. The molecule has 1 aliphatic rings. The number of likely N-dealkylation sites (tertiary alicyclic amines) is 1. The second kappa shape index (κ2) is 8.01. The van der Waals surface area contributed by atoms with Gasteiger partial charge in [0.05, 0.1) is 12.2 Å². The average molecular weight is 357 g/mol. The highest BCUT2D eigenvalue weighted by Gasteiger charge is 2.37. The highest BCUT2D eigenvalue weighted by Crippen LogP contribution is 2.32. The van der Waals surface area contributed by atoms with Gasteiger partial charge < -0.3 is 19.3 Å². The number of aliphatic hydroxyl groups excluding tert-OH is 1. The van der Waals surface area contributed by atoms with Gasteiger partial charge in [-0.1, -0.05) is 6.07 Å². The van der Waals surface area contributed by atoms with E-state index in [1.54, 1.807) is 13.3 Å². The molecule has 3 rings (SSSR count). The molecule has 1 amide bonds. The van der Waals surface area contributed by atoms with Gasteiger partial charge in [0, 0.05) is 68.5 Å². The lowest BCUT2D eigenvalue weighted by molar-refractivity contribution is 0.0780. The molecule has 0 aromatic carbocycles. The number of pyridine rings is 1. The maximum Gasteiger partial charge on any atom is 0.255 e. The average Bonchev–Trinajstić information content (AvgIpc) is 3.22. The normalized spacial score (nSPS) is 19.9. The molecule has 1 N–H and O–H groups in total. The Balaban J connectivity index is 1.81. The van der Waals surface area contributed by atoms with Crippen molar-refractivity contribution in [2.45, 2.75) is 26.3 Å². The van der Waals surface area contributed by atoms with Crippen molar-refractivity contribution in [3.8, 4) is 0 Å². The fraction of sp³-hybridized carbons (Fsp3) is 0.500. The van der Waals surface area contributed by atoms with E-state index < -0.39 is 0 Å². The summed E-state index contributed by atoms with van der Waals surface area (Å²) in [5, 5.41) is 9.78. The second-order valence-corrected chi connectivity index (χ2v) is 6.94. The molecule has 2 aromatic heterocycles. The minimum atomic E-state index is 0.0193. The molecular weight excluding hydrogens is 330 g/mol. The maximum atomic E-state index is 13.1. The van der Waals surface area contributed by atoms with E-state index in [2.05, 4.69) is 9.55 Å². The van der Waals surface area contributed by atoms with Gasteiger partial charge in [0.1, 0.15) is 0 Å². The summed E-state index contributed by atoms with van der Waals surface area (Å²) in [6, 6.07) is 7.75. The topological polar surface area (TPSA) is 67.6 Å². The Labute approximate surface area is 154 Å². The third-order valence-electron chi connectivity index (χ3n) is 5.35. The zero-order valence-electron chi connectivity index (χ0n) is 15.7. The lowest BCUT2D eigenvalue weighted by Gasteiger charge is -2.17. The molecule has 1 fully saturated rings. The monoisotopic (exact) mass is 357 g/mol. The van der Waals surface area contributed by atoms with Crippen LogP contribution in [0.3, 0.4) is 0 Å². The quantitative estimate of drug-likeness (QED) is 0.859. The molecule has 0 saturated carbocycles. The van der Waals surface area contributed by atoms with Crippen LogP contribution in [-0.2, 0) is 11.3 Å². The summed E-state index contributed by atoms with van der Waals surface area (Å²) in [5.74, 6) is 0.117. The molecule has 2 aromatic rings. The number of nitrogens with zero attached hydrogens (tertiary/aromatic N) is 3. The number of aliphatic hydroxyl groups is 1. The lowest BCUT2D eigenvalue weighted by Crippen LogP contribution is -2.29. The van der Waals surface area contributed by atoms with Crippen LogP contribution >= 0.6 is 0 Å². The molecule has 0 aliphatic carbocycles. The standard InChI is InChI=1S/C20H27N3O3/c1-14-10-17(15(2)23(14)8-9-26-3)20(25)22-11-16(13-24)18(12-22)19-6-4-5-7-21-19/h4-7,10,16,18,24H,8-9,11-13H2,1-3H3/t16-,18+/m0/s1. The molecule has 1 aliphatic heterocycles. The fourth-order valence-corrected chi connectivity index (χ4v) is 3.87. The zero-order chi connectivity index (χ0) is 18.7. The van der Waals surface area contributed by atoms with E-state index in [1.807, 2.05) is 43.0 Å². The van der Waals surface area contributed by atoms with Crippen molar-refractivity contribution in [1.29, 1.82) is 0 Å². The Kier molecular flexibility index (Phi) is 5.74. The summed E-state index contributed by atoms with van der Waals surface area (Å²) in [7, 11) is 1.68. The van der Waals surface area contributed by atoms with Crippen LogP contribution in [0.5, 0.6) is 0 Å². The van der Waals surface area contributed by atoms with E-state index in [0.29, 0.717) is 19.7 Å². The van der Waals surface area contributed by atoms with Crippen molar-refractivity contribution in [3.05, 3.63) is 53.1 Å². The Bertz CT molecular complexity index is 757. The van der Waals surface area contributed by atoms with E-state index in [4.69, 9.17) is 4.74 Å². The minimum Gasteiger partial charge on any atom is -0.396 e. The first-order valence-corrected chi connectivity index (χ1v) is 9.03. The number of aromatic nitrogens is 2. The van der Waals surface area contributed by atoms with Crippen molar-refractivity contribution in [2.75, 3.05) is 33.4 Å². The molecule has 0 bridgehead atoms. The molecule has 6 heteroatoms. The molecule has 3 heterocycles. The number of ether oxygens (including phenoxy) is 1. The van der Waals surface area contributed by atoms with Crippen LogP contribution in [0.2, 0.25) is 0 Å². The number of amides is 1. The van der Waals surface area contributed by atoms with E-state index in [9.17, 15) is 9.90 Å². The van der Waals surface area contributed by atoms with Crippen molar-refractivity contribution in [2.24, 2.45) is 5.92 Å². The van der Waals surface area contributed by atoms with E-state index in [0.717, 1.165) is 29.2 Å². The molecule has 0 radical (unpaired) electrons. The summed E-state index contributed by atoms with van der Waals surface area (Å²) in [5.41, 5.74) is 3.69. The van der Waals surface area contributed by atoms with Gasteiger partial charge in [-0.3, -0.25) is 9.78 Å². The first-order valence-electron chi connectivity index (χ1n) is 9.03. The van der Waals surface area contributed by atoms with Gasteiger partial charge in [0.15, 0.2) is 0 Å². The van der Waals surface area contributed by atoms with Gasteiger partial charge in [-0.2, -0.15) is 0 Å². The number of carbonyl (C=O) groups excluding carboxylic acids is 1. The molecule has 0 spiro atoms.